The second-order valence-corrected chi connectivity index (χ2v) is 5.82. The molecule has 0 spiro atoms. The van der Waals surface area contributed by atoms with Crippen molar-refractivity contribution in [3.63, 3.8) is 0 Å². The number of alkyl carbamates (subject to hydrolysis) is 1. The molecule has 0 aliphatic carbocycles. The lowest BCUT2D eigenvalue weighted by molar-refractivity contribution is -0.385. The molecule has 1 unspecified atom stereocenters. The van der Waals surface area contributed by atoms with Gasteiger partial charge in [-0.2, -0.15) is 0 Å². The summed E-state index contributed by atoms with van der Waals surface area (Å²) in [6.07, 6.45) is -0.631. The fourth-order valence-electron chi connectivity index (χ4n) is 1.88. The number of carbonyl (C=O) groups is 1. The van der Waals surface area contributed by atoms with Crippen LogP contribution in [0.2, 0.25) is 0 Å². The Kier molecular flexibility index (Phi) is 5.69. The van der Waals surface area contributed by atoms with Crippen molar-refractivity contribution in [2.75, 3.05) is 13.1 Å². The number of hydrogen-bond acceptors (Lipinski definition) is 6. The number of carbonyl (C=O) groups excluding carboxylic acids is 1. The number of phenolic OH excluding ortho intramolecular Hbond substituents is 1. The molecule has 0 bridgehead atoms. The molecule has 4 N–H and O–H groups in total. The number of hydrogen-bond donors (Lipinski definition) is 3. The van der Waals surface area contributed by atoms with Gasteiger partial charge in [0.15, 0.2) is 0 Å². The van der Waals surface area contributed by atoms with Gasteiger partial charge in [0.05, 0.1) is 4.92 Å². The number of nitro groups is 1. The normalized spacial score (nSPS) is 12.5. The van der Waals surface area contributed by atoms with Crippen LogP contribution in [0.15, 0.2) is 18.2 Å². The van der Waals surface area contributed by atoms with E-state index in [1.54, 1.807) is 20.8 Å². The SMILES string of the molecule is CC(C)(C)OC(=O)NCC(CN)c1cc(O)ccc1[N+](=O)[O-]. The highest BCUT2D eigenvalue weighted by Crippen LogP contribution is 2.29. The molecule has 1 rings (SSSR count). The molecule has 0 aliphatic heterocycles. The van der Waals surface area contributed by atoms with Crippen LogP contribution in [0.4, 0.5) is 10.5 Å². The van der Waals surface area contributed by atoms with Gasteiger partial charge in [-0.25, -0.2) is 4.79 Å². The van der Waals surface area contributed by atoms with E-state index in [2.05, 4.69) is 5.32 Å². The zero-order chi connectivity index (χ0) is 16.9. The largest absolute Gasteiger partial charge is 0.508 e. The maximum absolute atomic E-state index is 11.6. The lowest BCUT2D eigenvalue weighted by atomic mass is 9.97. The van der Waals surface area contributed by atoms with Crippen molar-refractivity contribution in [2.24, 2.45) is 5.73 Å². The lowest BCUT2D eigenvalue weighted by Gasteiger charge is -2.21. The smallest absolute Gasteiger partial charge is 0.407 e. The molecular formula is C14H21N3O5. The molecule has 0 saturated carbocycles. The molecule has 0 heterocycles. The summed E-state index contributed by atoms with van der Waals surface area (Å²) in [7, 11) is 0. The highest BCUT2D eigenvalue weighted by Gasteiger charge is 2.23. The van der Waals surface area contributed by atoms with Gasteiger partial charge in [0, 0.05) is 30.6 Å². The molecule has 0 fully saturated rings. The molecule has 122 valence electrons. The van der Waals surface area contributed by atoms with Gasteiger partial charge in [0.25, 0.3) is 5.69 Å². The van der Waals surface area contributed by atoms with Gasteiger partial charge in [-0.15, -0.1) is 0 Å². The number of benzene rings is 1. The highest BCUT2D eigenvalue weighted by molar-refractivity contribution is 5.67. The minimum absolute atomic E-state index is 0.0652. The van der Waals surface area contributed by atoms with E-state index in [0.29, 0.717) is 0 Å². The van der Waals surface area contributed by atoms with Crippen molar-refractivity contribution in [3.05, 3.63) is 33.9 Å². The Morgan fingerprint density at radius 2 is 2.14 bits per heavy atom. The quantitative estimate of drug-likeness (QED) is 0.562. The number of ether oxygens (including phenoxy) is 1. The molecule has 1 atom stereocenters. The maximum atomic E-state index is 11.6. The van der Waals surface area contributed by atoms with Crippen molar-refractivity contribution in [1.29, 1.82) is 0 Å². The predicted molar refractivity (Wildman–Crippen MR) is 80.8 cm³/mol. The first-order valence-corrected chi connectivity index (χ1v) is 6.78. The highest BCUT2D eigenvalue weighted by atomic mass is 16.6. The molecule has 0 radical (unpaired) electrons. The molecule has 8 nitrogen and oxygen atoms in total. The van der Waals surface area contributed by atoms with Crippen LogP contribution in [-0.4, -0.2) is 34.8 Å². The average Bonchev–Trinajstić information content (AvgIpc) is 2.37. The summed E-state index contributed by atoms with van der Waals surface area (Å²) in [6.45, 7) is 5.32. The van der Waals surface area contributed by atoms with Gasteiger partial charge in [-0.3, -0.25) is 10.1 Å². The van der Waals surface area contributed by atoms with E-state index < -0.39 is 22.5 Å². The first kappa shape index (κ1) is 17.7. The summed E-state index contributed by atoms with van der Waals surface area (Å²) >= 11 is 0. The van der Waals surface area contributed by atoms with Gasteiger partial charge < -0.3 is 20.9 Å². The summed E-state index contributed by atoms with van der Waals surface area (Å²) in [6, 6.07) is 3.73. The standard InChI is InChI=1S/C14H21N3O5/c1-14(2,3)22-13(19)16-8-9(7-15)11-6-10(18)4-5-12(11)17(20)21/h4-6,9,18H,7-8,15H2,1-3H3,(H,16,19). The minimum atomic E-state index is -0.640. The van der Waals surface area contributed by atoms with Crippen molar-refractivity contribution in [1.82, 2.24) is 5.32 Å². The Bertz CT molecular complexity index is 554. The van der Waals surface area contributed by atoms with Gasteiger partial charge in [0.1, 0.15) is 11.4 Å². The number of phenols is 1. The Hall–Kier alpha value is -2.35. The number of nitrogens with one attached hydrogen (secondary N) is 1. The molecule has 22 heavy (non-hydrogen) atoms. The topological polar surface area (TPSA) is 128 Å². The maximum Gasteiger partial charge on any atom is 0.407 e. The number of rotatable bonds is 5. The van der Waals surface area contributed by atoms with E-state index in [-0.39, 0.29) is 30.1 Å². The number of nitrogens with two attached hydrogens (primary N) is 1. The number of nitro benzene ring substituents is 1. The number of amides is 1. The van der Waals surface area contributed by atoms with Gasteiger partial charge in [0.2, 0.25) is 0 Å². The first-order valence-electron chi connectivity index (χ1n) is 6.78. The molecule has 1 aromatic rings. The van der Waals surface area contributed by atoms with Crippen molar-refractivity contribution in [2.45, 2.75) is 32.3 Å². The zero-order valence-corrected chi connectivity index (χ0v) is 12.8. The third-order valence-electron chi connectivity index (χ3n) is 2.82. The minimum Gasteiger partial charge on any atom is -0.508 e. The van der Waals surface area contributed by atoms with Crippen molar-refractivity contribution in [3.8, 4) is 5.75 Å². The van der Waals surface area contributed by atoms with E-state index in [9.17, 15) is 20.0 Å². The predicted octanol–water partition coefficient (Wildman–Crippen LogP) is 1.87. The zero-order valence-electron chi connectivity index (χ0n) is 12.8. The van der Waals surface area contributed by atoms with Crippen LogP contribution in [0.5, 0.6) is 5.75 Å². The molecular weight excluding hydrogens is 290 g/mol. The summed E-state index contributed by atoms with van der Waals surface area (Å²) < 4.78 is 5.10. The van der Waals surface area contributed by atoms with Crippen LogP contribution in [0.1, 0.15) is 32.3 Å². The van der Waals surface area contributed by atoms with E-state index in [0.717, 1.165) is 0 Å². The van der Waals surface area contributed by atoms with E-state index in [4.69, 9.17) is 10.5 Å². The monoisotopic (exact) mass is 311 g/mol. The van der Waals surface area contributed by atoms with Crippen LogP contribution in [0, 0.1) is 10.1 Å². The second kappa shape index (κ2) is 7.08. The number of nitrogens with zero attached hydrogens (tertiary/aromatic N) is 1. The Morgan fingerprint density at radius 3 is 2.64 bits per heavy atom. The number of aromatic hydroxyl groups is 1. The fraction of sp³-hybridized carbons (Fsp3) is 0.500. The first-order chi connectivity index (χ1) is 10.1. The van der Waals surface area contributed by atoms with Gasteiger partial charge in [-0.05, 0) is 32.9 Å². The average molecular weight is 311 g/mol. The van der Waals surface area contributed by atoms with E-state index in [1.807, 2.05) is 0 Å². The molecule has 0 saturated heterocycles. The van der Waals surface area contributed by atoms with Crippen LogP contribution >= 0.6 is 0 Å². The molecule has 8 heteroatoms. The van der Waals surface area contributed by atoms with Crippen molar-refractivity contribution >= 4 is 11.8 Å². The summed E-state index contributed by atoms with van der Waals surface area (Å²) in [5.74, 6) is -0.615. The van der Waals surface area contributed by atoms with Gasteiger partial charge >= 0.3 is 6.09 Å². The van der Waals surface area contributed by atoms with E-state index >= 15 is 0 Å². The van der Waals surface area contributed by atoms with E-state index in [1.165, 1.54) is 18.2 Å². The lowest BCUT2D eigenvalue weighted by Crippen LogP contribution is -2.36. The molecule has 1 aromatic carbocycles. The summed E-state index contributed by atoms with van der Waals surface area (Å²) in [5.41, 5.74) is 5.12. The van der Waals surface area contributed by atoms with Crippen LogP contribution in [0.25, 0.3) is 0 Å². The van der Waals surface area contributed by atoms with Crippen LogP contribution in [0.3, 0.4) is 0 Å². The Morgan fingerprint density at radius 1 is 1.50 bits per heavy atom. The second-order valence-electron chi connectivity index (χ2n) is 5.82. The third kappa shape index (κ3) is 5.21. The fourth-order valence-corrected chi connectivity index (χ4v) is 1.88. The Balaban J connectivity index is 2.87. The molecule has 0 aliphatic rings. The summed E-state index contributed by atoms with van der Waals surface area (Å²) in [4.78, 5) is 22.1. The van der Waals surface area contributed by atoms with Crippen molar-refractivity contribution < 1.29 is 19.6 Å². The van der Waals surface area contributed by atoms with Crippen LogP contribution < -0.4 is 11.1 Å². The Labute approximate surface area is 128 Å². The third-order valence-corrected chi connectivity index (χ3v) is 2.82. The van der Waals surface area contributed by atoms with Gasteiger partial charge in [-0.1, -0.05) is 0 Å². The molecule has 1 amide bonds. The van der Waals surface area contributed by atoms with Crippen LogP contribution in [-0.2, 0) is 4.74 Å². The molecule has 0 aromatic heterocycles. The summed E-state index contributed by atoms with van der Waals surface area (Å²) in [5, 5.41) is 23.1.